The lowest BCUT2D eigenvalue weighted by atomic mass is 9.86. The average Bonchev–Trinajstić information content (AvgIpc) is 2.25. The number of nitrogens with zero attached hydrogens (tertiary/aromatic N) is 1. The molecule has 1 heterocycles. The number of ether oxygens (including phenoxy) is 1. The topological polar surface area (TPSA) is 55.6 Å². The van der Waals surface area contributed by atoms with Gasteiger partial charge in [-0.1, -0.05) is 0 Å². The van der Waals surface area contributed by atoms with E-state index in [-0.39, 0.29) is 6.54 Å². The van der Waals surface area contributed by atoms with Gasteiger partial charge in [-0.05, 0) is 33.6 Å². The molecular formula is C12H22F2N2O2. The molecule has 0 spiro atoms. The molecule has 1 fully saturated rings. The van der Waals surface area contributed by atoms with Crippen molar-refractivity contribution in [2.45, 2.75) is 50.9 Å². The third-order valence-corrected chi connectivity index (χ3v) is 2.97. The first-order valence-corrected chi connectivity index (χ1v) is 6.15. The van der Waals surface area contributed by atoms with Gasteiger partial charge in [0.25, 0.3) is 0 Å². The van der Waals surface area contributed by atoms with Gasteiger partial charge in [-0.15, -0.1) is 0 Å². The number of alkyl halides is 2. The molecule has 0 radical (unpaired) electrons. The molecule has 1 saturated heterocycles. The van der Waals surface area contributed by atoms with Gasteiger partial charge in [-0.2, -0.15) is 0 Å². The van der Waals surface area contributed by atoms with Gasteiger partial charge in [0, 0.05) is 13.1 Å². The minimum atomic E-state index is -1.75. The molecule has 1 aliphatic heterocycles. The zero-order valence-corrected chi connectivity index (χ0v) is 11.2. The normalized spacial score (nSPS) is 26.9. The van der Waals surface area contributed by atoms with Crippen LogP contribution < -0.4 is 5.73 Å². The third kappa shape index (κ3) is 3.80. The highest BCUT2D eigenvalue weighted by Gasteiger charge is 2.41. The number of carbonyl (C=O) groups excluding carboxylic acids is 1. The summed E-state index contributed by atoms with van der Waals surface area (Å²) in [5.74, 6) is 0. The third-order valence-electron chi connectivity index (χ3n) is 2.97. The standard InChI is InChI=1S/C12H22F2N2O2/c1-11(2,3)18-10(17)16-6-4-5-12(15,8-16)9(14)7-13/h9H,4-8,15H2,1-3H3. The Bertz CT molecular complexity index is 307. The van der Waals surface area contributed by atoms with Crippen LogP contribution in [-0.2, 0) is 4.74 Å². The van der Waals surface area contributed by atoms with Gasteiger partial charge in [0.2, 0.25) is 0 Å². The van der Waals surface area contributed by atoms with E-state index < -0.39 is 30.1 Å². The molecule has 1 rings (SSSR count). The zero-order chi connectivity index (χ0) is 14.0. The van der Waals surface area contributed by atoms with Gasteiger partial charge in [0.15, 0.2) is 0 Å². The highest BCUT2D eigenvalue weighted by Crippen LogP contribution is 2.25. The second-order valence-electron chi connectivity index (χ2n) is 5.86. The van der Waals surface area contributed by atoms with Crippen molar-refractivity contribution < 1.29 is 18.3 Å². The van der Waals surface area contributed by atoms with E-state index in [0.717, 1.165) is 0 Å². The summed E-state index contributed by atoms with van der Waals surface area (Å²) in [6.07, 6.45) is -1.35. The quantitative estimate of drug-likeness (QED) is 0.830. The van der Waals surface area contributed by atoms with Crippen LogP contribution in [0.5, 0.6) is 0 Å². The predicted molar refractivity (Wildman–Crippen MR) is 64.8 cm³/mol. The van der Waals surface area contributed by atoms with Crippen molar-refractivity contribution in [1.82, 2.24) is 4.90 Å². The van der Waals surface area contributed by atoms with Gasteiger partial charge >= 0.3 is 6.09 Å². The average molecular weight is 264 g/mol. The van der Waals surface area contributed by atoms with E-state index in [0.29, 0.717) is 19.4 Å². The summed E-state index contributed by atoms with van der Waals surface area (Å²) >= 11 is 0. The summed E-state index contributed by atoms with van der Waals surface area (Å²) in [6.45, 7) is 4.59. The molecule has 0 aromatic carbocycles. The Labute approximate surface area is 106 Å². The fourth-order valence-corrected chi connectivity index (χ4v) is 2.00. The molecule has 2 unspecified atom stereocenters. The summed E-state index contributed by atoms with van der Waals surface area (Å²) in [4.78, 5) is 13.2. The summed E-state index contributed by atoms with van der Waals surface area (Å²) in [5, 5.41) is 0. The van der Waals surface area contributed by atoms with Crippen LogP contribution in [0.25, 0.3) is 0 Å². The molecule has 0 aromatic heterocycles. The van der Waals surface area contributed by atoms with Gasteiger partial charge in [0.1, 0.15) is 18.4 Å². The number of halogens is 2. The fraction of sp³-hybridized carbons (Fsp3) is 0.917. The number of rotatable bonds is 2. The second-order valence-corrected chi connectivity index (χ2v) is 5.86. The summed E-state index contributed by atoms with van der Waals surface area (Å²) < 4.78 is 31.1. The Morgan fingerprint density at radius 3 is 2.67 bits per heavy atom. The molecule has 0 saturated carbocycles. The van der Waals surface area contributed by atoms with E-state index in [1.165, 1.54) is 4.90 Å². The van der Waals surface area contributed by atoms with Crippen molar-refractivity contribution in [3.8, 4) is 0 Å². The van der Waals surface area contributed by atoms with Crippen molar-refractivity contribution >= 4 is 6.09 Å². The smallest absolute Gasteiger partial charge is 0.410 e. The van der Waals surface area contributed by atoms with Crippen LogP contribution in [0, 0.1) is 0 Å². The zero-order valence-electron chi connectivity index (χ0n) is 11.2. The van der Waals surface area contributed by atoms with Gasteiger partial charge in [0.05, 0.1) is 5.54 Å². The molecular weight excluding hydrogens is 242 g/mol. The highest BCUT2D eigenvalue weighted by molar-refractivity contribution is 5.68. The maximum absolute atomic E-state index is 13.5. The first-order chi connectivity index (χ1) is 8.18. The van der Waals surface area contributed by atoms with Gasteiger partial charge in [-0.3, -0.25) is 0 Å². The van der Waals surface area contributed by atoms with E-state index in [1.807, 2.05) is 0 Å². The van der Waals surface area contributed by atoms with Crippen LogP contribution in [0.4, 0.5) is 13.6 Å². The fourth-order valence-electron chi connectivity index (χ4n) is 2.00. The predicted octanol–water partition coefficient (Wildman–Crippen LogP) is 2.02. The van der Waals surface area contributed by atoms with Crippen molar-refractivity contribution in [2.24, 2.45) is 5.73 Å². The summed E-state index contributed by atoms with van der Waals surface area (Å²) in [6, 6.07) is 0. The second kappa shape index (κ2) is 5.38. The Hall–Kier alpha value is -0.910. The van der Waals surface area contributed by atoms with E-state index in [1.54, 1.807) is 20.8 Å². The number of nitrogens with two attached hydrogens (primary N) is 1. The van der Waals surface area contributed by atoms with Crippen molar-refractivity contribution in [2.75, 3.05) is 19.8 Å². The molecule has 2 atom stereocenters. The Morgan fingerprint density at radius 1 is 1.56 bits per heavy atom. The number of carbonyl (C=O) groups is 1. The molecule has 2 N–H and O–H groups in total. The molecule has 4 nitrogen and oxygen atoms in total. The Kier molecular flexibility index (Phi) is 4.53. The first-order valence-electron chi connectivity index (χ1n) is 6.15. The van der Waals surface area contributed by atoms with E-state index in [9.17, 15) is 13.6 Å². The molecule has 1 amide bonds. The Balaban J connectivity index is 2.66. The monoisotopic (exact) mass is 264 g/mol. The number of hydrogen-bond donors (Lipinski definition) is 1. The summed E-state index contributed by atoms with van der Waals surface area (Å²) in [7, 11) is 0. The van der Waals surface area contributed by atoms with E-state index >= 15 is 0 Å². The molecule has 18 heavy (non-hydrogen) atoms. The van der Waals surface area contributed by atoms with Gasteiger partial charge in [-0.25, -0.2) is 13.6 Å². The number of amides is 1. The minimum Gasteiger partial charge on any atom is -0.444 e. The lowest BCUT2D eigenvalue weighted by molar-refractivity contribution is 0.00401. The molecule has 6 heteroatoms. The molecule has 0 aromatic rings. The van der Waals surface area contributed by atoms with Crippen LogP contribution >= 0.6 is 0 Å². The number of likely N-dealkylation sites (tertiary alicyclic amines) is 1. The van der Waals surface area contributed by atoms with E-state index in [4.69, 9.17) is 10.5 Å². The highest BCUT2D eigenvalue weighted by atomic mass is 19.2. The van der Waals surface area contributed by atoms with E-state index in [2.05, 4.69) is 0 Å². The van der Waals surface area contributed by atoms with Crippen LogP contribution in [0.2, 0.25) is 0 Å². The molecule has 0 aliphatic carbocycles. The first kappa shape index (κ1) is 15.1. The van der Waals surface area contributed by atoms with Crippen molar-refractivity contribution in [1.29, 1.82) is 0 Å². The maximum atomic E-state index is 13.5. The molecule has 1 aliphatic rings. The number of hydrogen-bond acceptors (Lipinski definition) is 3. The van der Waals surface area contributed by atoms with Crippen LogP contribution in [-0.4, -0.2) is 48.1 Å². The minimum absolute atomic E-state index is 0.00694. The van der Waals surface area contributed by atoms with Crippen LogP contribution in [0.3, 0.4) is 0 Å². The lowest BCUT2D eigenvalue weighted by Crippen LogP contribution is -2.61. The molecule has 106 valence electrons. The lowest BCUT2D eigenvalue weighted by Gasteiger charge is -2.41. The van der Waals surface area contributed by atoms with Crippen molar-refractivity contribution in [3.63, 3.8) is 0 Å². The SMILES string of the molecule is CC(C)(C)OC(=O)N1CCCC(N)(C(F)CF)C1. The van der Waals surface area contributed by atoms with Gasteiger partial charge < -0.3 is 15.4 Å². The Morgan fingerprint density at radius 2 is 2.17 bits per heavy atom. The largest absolute Gasteiger partial charge is 0.444 e. The van der Waals surface area contributed by atoms with Crippen molar-refractivity contribution in [3.05, 3.63) is 0 Å². The summed E-state index contributed by atoms with van der Waals surface area (Å²) in [5.41, 5.74) is 3.93. The van der Waals surface area contributed by atoms with Crippen LogP contribution in [0.15, 0.2) is 0 Å². The maximum Gasteiger partial charge on any atom is 0.410 e. The molecule has 0 bridgehead atoms. The van der Waals surface area contributed by atoms with Crippen LogP contribution in [0.1, 0.15) is 33.6 Å². The number of piperidine rings is 1.